The van der Waals surface area contributed by atoms with Crippen molar-refractivity contribution >= 4 is 23.3 Å². The van der Waals surface area contributed by atoms with E-state index >= 15 is 0 Å². The molecule has 110 valence electrons. The second-order valence-electron chi connectivity index (χ2n) is 4.22. The van der Waals surface area contributed by atoms with Crippen LogP contribution in [0, 0.1) is 0 Å². The minimum absolute atomic E-state index is 0.241. The van der Waals surface area contributed by atoms with E-state index in [0.29, 0.717) is 24.8 Å². The van der Waals surface area contributed by atoms with Gasteiger partial charge in [-0.05, 0) is 24.3 Å². The zero-order valence-corrected chi connectivity index (χ0v) is 11.5. The molecule has 21 heavy (non-hydrogen) atoms. The van der Waals surface area contributed by atoms with Gasteiger partial charge in [0.25, 0.3) is 0 Å². The van der Waals surface area contributed by atoms with E-state index in [1.165, 1.54) is 18.5 Å². The second kappa shape index (κ2) is 7.20. The fourth-order valence-electron chi connectivity index (χ4n) is 1.65. The number of rotatable bonds is 7. The van der Waals surface area contributed by atoms with Crippen LogP contribution in [-0.2, 0) is 4.74 Å². The van der Waals surface area contributed by atoms with Gasteiger partial charge in [0.1, 0.15) is 18.0 Å². The van der Waals surface area contributed by atoms with Crippen LogP contribution in [0.3, 0.4) is 0 Å². The van der Waals surface area contributed by atoms with Crippen LogP contribution < -0.4 is 10.6 Å². The van der Waals surface area contributed by atoms with Gasteiger partial charge < -0.3 is 20.5 Å². The van der Waals surface area contributed by atoms with Crippen molar-refractivity contribution in [3.05, 3.63) is 42.2 Å². The van der Waals surface area contributed by atoms with Gasteiger partial charge in [0, 0.05) is 25.4 Å². The van der Waals surface area contributed by atoms with Gasteiger partial charge >= 0.3 is 5.97 Å². The topological polar surface area (TPSA) is 96.4 Å². The number of carbonyl (C=O) groups is 1. The summed E-state index contributed by atoms with van der Waals surface area (Å²) in [5, 5.41) is 15.0. The van der Waals surface area contributed by atoms with Crippen LogP contribution in [0.1, 0.15) is 10.4 Å². The van der Waals surface area contributed by atoms with Crippen LogP contribution in [0.15, 0.2) is 36.7 Å². The number of methoxy groups -OCH3 is 1. The van der Waals surface area contributed by atoms with E-state index in [1.807, 2.05) is 0 Å². The highest BCUT2D eigenvalue weighted by Gasteiger charge is 2.03. The molecule has 7 heteroatoms. The van der Waals surface area contributed by atoms with E-state index in [-0.39, 0.29) is 5.56 Å². The molecule has 1 aromatic carbocycles. The first kappa shape index (κ1) is 14.7. The Hall–Kier alpha value is -2.67. The number of carboxylic acid groups (broad SMARTS) is 1. The number of hydrogen-bond donors (Lipinski definition) is 3. The van der Waals surface area contributed by atoms with Crippen LogP contribution in [0.25, 0.3) is 0 Å². The molecule has 0 radical (unpaired) electrons. The molecule has 2 rings (SSSR count). The lowest BCUT2D eigenvalue weighted by molar-refractivity contribution is 0.0697. The SMILES string of the molecule is COCCNc1cc(Nc2ccc(C(=O)O)cc2)ncn1. The van der Waals surface area contributed by atoms with Crippen molar-refractivity contribution in [3.8, 4) is 0 Å². The molecule has 0 amide bonds. The number of hydrogen-bond acceptors (Lipinski definition) is 6. The highest BCUT2D eigenvalue weighted by Crippen LogP contribution is 2.16. The van der Waals surface area contributed by atoms with E-state index in [1.54, 1.807) is 25.3 Å². The summed E-state index contributed by atoms with van der Waals surface area (Å²) in [7, 11) is 1.63. The molecular weight excluding hydrogens is 272 g/mol. The number of benzene rings is 1. The third-order valence-corrected chi connectivity index (χ3v) is 2.68. The number of anilines is 3. The first-order valence-electron chi connectivity index (χ1n) is 6.34. The highest BCUT2D eigenvalue weighted by atomic mass is 16.5. The molecular formula is C14H16N4O3. The third-order valence-electron chi connectivity index (χ3n) is 2.68. The van der Waals surface area contributed by atoms with E-state index in [2.05, 4.69) is 20.6 Å². The zero-order valence-electron chi connectivity index (χ0n) is 11.5. The summed E-state index contributed by atoms with van der Waals surface area (Å²) in [5.74, 6) is 0.355. The van der Waals surface area contributed by atoms with Crippen LogP contribution >= 0.6 is 0 Å². The predicted octanol–water partition coefficient (Wildman–Crippen LogP) is 1.98. The zero-order chi connectivity index (χ0) is 15.1. The van der Waals surface area contributed by atoms with Crippen molar-refractivity contribution in [2.45, 2.75) is 0 Å². The Bertz CT molecular complexity index is 601. The maximum absolute atomic E-state index is 10.8. The van der Waals surface area contributed by atoms with E-state index in [0.717, 1.165) is 5.69 Å². The molecule has 2 aromatic rings. The molecule has 0 saturated heterocycles. The molecule has 0 aliphatic heterocycles. The van der Waals surface area contributed by atoms with Gasteiger partial charge in [0.15, 0.2) is 0 Å². The molecule has 0 aliphatic carbocycles. The van der Waals surface area contributed by atoms with E-state index in [9.17, 15) is 4.79 Å². The Morgan fingerprint density at radius 1 is 1.24 bits per heavy atom. The molecule has 0 fully saturated rings. The highest BCUT2D eigenvalue weighted by molar-refractivity contribution is 5.88. The molecule has 0 unspecified atom stereocenters. The molecule has 3 N–H and O–H groups in total. The molecule has 0 saturated carbocycles. The van der Waals surface area contributed by atoms with Gasteiger partial charge in [-0.3, -0.25) is 0 Å². The molecule has 0 aliphatic rings. The lowest BCUT2D eigenvalue weighted by Crippen LogP contribution is -2.09. The number of aromatic carboxylic acids is 1. The summed E-state index contributed by atoms with van der Waals surface area (Å²) < 4.78 is 4.95. The van der Waals surface area contributed by atoms with Gasteiger partial charge in [-0.2, -0.15) is 0 Å². The van der Waals surface area contributed by atoms with Crippen molar-refractivity contribution in [2.75, 3.05) is 30.9 Å². The van der Waals surface area contributed by atoms with E-state index in [4.69, 9.17) is 9.84 Å². The maximum Gasteiger partial charge on any atom is 0.335 e. The maximum atomic E-state index is 10.8. The van der Waals surface area contributed by atoms with Crippen molar-refractivity contribution in [3.63, 3.8) is 0 Å². The number of nitrogens with one attached hydrogen (secondary N) is 2. The van der Waals surface area contributed by atoms with Gasteiger partial charge in [-0.25, -0.2) is 14.8 Å². The Morgan fingerprint density at radius 2 is 1.95 bits per heavy atom. The Kier molecular flexibility index (Phi) is 5.05. The van der Waals surface area contributed by atoms with Gasteiger partial charge in [-0.1, -0.05) is 0 Å². The standard InChI is InChI=1S/C14H16N4O3/c1-21-7-6-15-12-8-13(17-9-16-12)18-11-4-2-10(3-5-11)14(19)20/h2-5,8-9H,6-7H2,1H3,(H,19,20)(H2,15,16,17,18). The monoisotopic (exact) mass is 288 g/mol. The third kappa shape index (κ3) is 4.43. The largest absolute Gasteiger partial charge is 0.478 e. The molecule has 0 spiro atoms. The van der Waals surface area contributed by atoms with Gasteiger partial charge in [-0.15, -0.1) is 0 Å². The lowest BCUT2D eigenvalue weighted by atomic mass is 10.2. The molecule has 7 nitrogen and oxygen atoms in total. The molecule has 0 bridgehead atoms. The van der Waals surface area contributed by atoms with Crippen molar-refractivity contribution in [1.29, 1.82) is 0 Å². The smallest absolute Gasteiger partial charge is 0.335 e. The van der Waals surface area contributed by atoms with Crippen LogP contribution in [-0.4, -0.2) is 41.3 Å². The lowest BCUT2D eigenvalue weighted by Gasteiger charge is -2.08. The fourth-order valence-corrected chi connectivity index (χ4v) is 1.65. The minimum atomic E-state index is -0.951. The summed E-state index contributed by atoms with van der Waals surface area (Å²) >= 11 is 0. The molecule has 1 aromatic heterocycles. The Morgan fingerprint density at radius 3 is 2.62 bits per heavy atom. The van der Waals surface area contributed by atoms with Crippen molar-refractivity contribution in [1.82, 2.24) is 9.97 Å². The number of ether oxygens (including phenoxy) is 1. The number of nitrogens with zero attached hydrogens (tertiary/aromatic N) is 2. The Labute approximate surface area is 122 Å². The van der Waals surface area contributed by atoms with E-state index < -0.39 is 5.97 Å². The summed E-state index contributed by atoms with van der Waals surface area (Å²) in [6.45, 7) is 1.24. The molecule has 1 heterocycles. The van der Waals surface area contributed by atoms with Crippen molar-refractivity contribution in [2.24, 2.45) is 0 Å². The van der Waals surface area contributed by atoms with Gasteiger partial charge in [0.2, 0.25) is 0 Å². The van der Waals surface area contributed by atoms with Gasteiger partial charge in [0.05, 0.1) is 12.2 Å². The summed E-state index contributed by atoms with van der Waals surface area (Å²) in [4.78, 5) is 19.0. The number of aromatic nitrogens is 2. The number of carboxylic acids is 1. The minimum Gasteiger partial charge on any atom is -0.478 e. The predicted molar refractivity (Wildman–Crippen MR) is 79.1 cm³/mol. The Balaban J connectivity index is 2.01. The summed E-state index contributed by atoms with van der Waals surface area (Å²) in [6, 6.07) is 8.20. The average Bonchev–Trinajstić information content (AvgIpc) is 2.48. The molecule has 0 atom stereocenters. The normalized spacial score (nSPS) is 10.1. The van der Waals surface area contributed by atoms with Crippen molar-refractivity contribution < 1.29 is 14.6 Å². The summed E-state index contributed by atoms with van der Waals surface area (Å²) in [5.41, 5.74) is 0.992. The quantitative estimate of drug-likeness (QED) is 0.670. The first-order chi connectivity index (χ1) is 10.2. The van der Waals surface area contributed by atoms with Crippen LogP contribution in [0.2, 0.25) is 0 Å². The van der Waals surface area contributed by atoms with Crippen LogP contribution in [0.4, 0.5) is 17.3 Å². The van der Waals surface area contributed by atoms with Crippen LogP contribution in [0.5, 0.6) is 0 Å². The first-order valence-corrected chi connectivity index (χ1v) is 6.34. The fraction of sp³-hybridized carbons (Fsp3) is 0.214. The second-order valence-corrected chi connectivity index (χ2v) is 4.22. The summed E-state index contributed by atoms with van der Waals surface area (Å²) in [6.07, 6.45) is 1.45. The average molecular weight is 288 g/mol.